The number of likely N-dealkylation sites (N-methyl/N-ethyl adjacent to an activating group) is 1. The van der Waals surface area contributed by atoms with Crippen LogP contribution < -0.4 is 5.32 Å². The molecule has 0 spiro atoms. The minimum absolute atomic E-state index is 0.841. The third-order valence-electron chi connectivity index (χ3n) is 4.37. The molecule has 0 bridgehead atoms. The average molecular weight is 307 g/mol. The first-order valence-corrected chi connectivity index (χ1v) is 9.54. The summed E-state index contributed by atoms with van der Waals surface area (Å²) in [5.74, 6) is 2.33. The Kier molecular flexibility index (Phi) is 8.23. The Morgan fingerprint density at radius 3 is 2.62 bits per heavy atom. The lowest BCUT2D eigenvalue weighted by Gasteiger charge is -2.31. The van der Waals surface area contributed by atoms with Crippen LogP contribution in [0.4, 0.5) is 0 Å². The van der Waals surface area contributed by atoms with E-state index in [0.29, 0.717) is 0 Å². The molecule has 21 heavy (non-hydrogen) atoms. The lowest BCUT2D eigenvalue weighted by atomic mass is 9.94. The van der Waals surface area contributed by atoms with Gasteiger partial charge < -0.3 is 10.2 Å². The van der Waals surface area contributed by atoms with Crippen LogP contribution in [0.15, 0.2) is 30.3 Å². The Morgan fingerprint density at radius 1 is 1.10 bits per heavy atom. The number of nitrogens with zero attached hydrogens (tertiary/aromatic N) is 1. The van der Waals surface area contributed by atoms with E-state index in [1.54, 1.807) is 0 Å². The zero-order chi connectivity index (χ0) is 14.8. The predicted molar refractivity (Wildman–Crippen MR) is 95.0 cm³/mol. The Morgan fingerprint density at radius 2 is 1.86 bits per heavy atom. The highest BCUT2D eigenvalue weighted by molar-refractivity contribution is 7.98. The van der Waals surface area contributed by atoms with Gasteiger partial charge in [-0.2, -0.15) is 11.8 Å². The van der Waals surface area contributed by atoms with E-state index in [-0.39, 0.29) is 0 Å². The standard InChI is InChI=1S/C18H30N2S/c1-20(18-10-6-3-7-11-18)14-12-19-13-15-21-16-17-8-4-2-5-9-17/h2,4-5,8-9,18-19H,3,6-7,10-16H2,1H3. The second-order valence-electron chi connectivity index (χ2n) is 6.06. The van der Waals surface area contributed by atoms with Crippen LogP contribution in [0.2, 0.25) is 0 Å². The third-order valence-corrected chi connectivity index (χ3v) is 5.40. The van der Waals surface area contributed by atoms with Gasteiger partial charge in [0.1, 0.15) is 0 Å². The van der Waals surface area contributed by atoms with E-state index in [1.165, 1.54) is 50.0 Å². The zero-order valence-corrected chi connectivity index (χ0v) is 14.2. The van der Waals surface area contributed by atoms with Crippen molar-refractivity contribution < 1.29 is 0 Å². The molecule has 1 aliphatic carbocycles. The van der Waals surface area contributed by atoms with Gasteiger partial charge in [-0.05, 0) is 25.5 Å². The van der Waals surface area contributed by atoms with E-state index in [9.17, 15) is 0 Å². The van der Waals surface area contributed by atoms with Gasteiger partial charge in [0, 0.05) is 37.2 Å². The molecular formula is C18H30N2S. The monoisotopic (exact) mass is 306 g/mol. The lowest BCUT2D eigenvalue weighted by Crippen LogP contribution is -2.38. The molecule has 1 N–H and O–H groups in total. The molecule has 118 valence electrons. The largest absolute Gasteiger partial charge is 0.315 e. The summed E-state index contributed by atoms with van der Waals surface area (Å²) in [6, 6.07) is 11.6. The molecule has 0 heterocycles. The maximum Gasteiger partial charge on any atom is 0.0185 e. The van der Waals surface area contributed by atoms with Crippen LogP contribution in [-0.2, 0) is 5.75 Å². The first-order valence-electron chi connectivity index (χ1n) is 8.39. The van der Waals surface area contributed by atoms with Crippen LogP contribution in [0, 0.1) is 0 Å². The van der Waals surface area contributed by atoms with E-state index in [4.69, 9.17) is 0 Å². The van der Waals surface area contributed by atoms with Crippen LogP contribution in [0.3, 0.4) is 0 Å². The van der Waals surface area contributed by atoms with Gasteiger partial charge in [0.2, 0.25) is 0 Å². The highest BCUT2D eigenvalue weighted by atomic mass is 32.2. The van der Waals surface area contributed by atoms with Gasteiger partial charge in [-0.3, -0.25) is 0 Å². The van der Waals surface area contributed by atoms with Crippen molar-refractivity contribution in [3.63, 3.8) is 0 Å². The molecule has 2 rings (SSSR count). The van der Waals surface area contributed by atoms with E-state index in [0.717, 1.165) is 24.9 Å². The van der Waals surface area contributed by atoms with E-state index >= 15 is 0 Å². The molecule has 0 saturated heterocycles. The molecule has 0 unspecified atom stereocenters. The van der Waals surface area contributed by atoms with Crippen LogP contribution in [0.25, 0.3) is 0 Å². The maximum atomic E-state index is 3.58. The first kappa shape index (κ1) is 16.9. The van der Waals surface area contributed by atoms with E-state index in [2.05, 4.69) is 47.6 Å². The molecule has 0 amide bonds. The zero-order valence-electron chi connectivity index (χ0n) is 13.4. The van der Waals surface area contributed by atoms with E-state index in [1.807, 2.05) is 11.8 Å². The number of thioether (sulfide) groups is 1. The predicted octanol–water partition coefficient (Wildman–Crippen LogP) is 3.77. The van der Waals surface area contributed by atoms with Crippen molar-refractivity contribution in [2.75, 3.05) is 32.4 Å². The SMILES string of the molecule is CN(CCNCCSCc1ccccc1)C1CCCCC1. The summed E-state index contributed by atoms with van der Waals surface area (Å²) >= 11 is 2.02. The van der Waals surface area contributed by atoms with Crippen LogP contribution >= 0.6 is 11.8 Å². The molecule has 0 aromatic heterocycles. The third kappa shape index (κ3) is 6.86. The first-order chi connectivity index (χ1) is 10.4. The molecule has 1 aromatic rings. The summed E-state index contributed by atoms with van der Waals surface area (Å²) in [5, 5.41) is 3.58. The molecule has 1 aromatic carbocycles. The van der Waals surface area contributed by atoms with Gasteiger partial charge in [0.15, 0.2) is 0 Å². The summed E-state index contributed by atoms with van der Waals surface area (Å²) in [7, 11) is 2.29. The number of benzene rings is 1. The summed E-state index contributed by atoms with van der Waals surface area (Å²) in [4.78, 5) is 2.56. The maximum absolute atomic E-state index is 3.58. The lowest BCUT2D eigenvalue weighted by molar-refractivity contribution is 0.193. The highest BCUT2D eigenvalue weighted by Gasteiger charge is 2.16. The second kappa shape index (κ2) is 10.3. The number of hydrogen-bond acceptors (Lipinski definition) is 3. The molecule has 1 aliphatic rings. The van der Waals surface area contributed by atoms with Crippen LogP contribution in [0.5, 0.6) is 0 Å². The van der Waals surface area contributed by atoms with Gasteiger partial charge in [0.05, 0.1) is 0 Å². The van der Waals surface area contributed by atoms with Crippen LogP contribution in [-0.4, -0.2) is 43.4 Å². The normalized spacial score (nSPS) is 16.5. The van der Waals surface area contributed by atoms with Crippen molar-refractivity contribution in [2.24, 2.45) is 0 Å². The molecule has 0 radical (unpaired) electrons. The number of rotatable bonds is 9. The van der Waals surface area contributed by atoms with Gasteiger partial charge in [-0.25, -0.2) is 0 Å². The fourth-order valence-electron chi connectivity index (χ4n) is 2.99. The molecular weight excluding hydrogens is 276 g/mol. The minimum atomic E-state index is 0.841. The van der Waals surface area contributed by atoms with Gasteiger partial charge in [0.25, 0.3) is 0 Å². The Bertz CT molecular complexity index is 363. The fraction of sp³-hybridized carbons (Fsp3) is 0.667. The van der Waals surface area contributed by atoms with Gasteiger partial charge >= 0.3 is 0 Å². The molecule has 1 fully saturated rings. The molecule has 3 heteroatoms. The average Bonchev–Trinajstić information content (AvgIpc) is 2.55. The number of nitrogens with one attached hydrogen (secondary N) is 1. The fourth-order valence-corrected chi connectivity index (χ4v) is 3.85. The Labute approximate surface area is 134 Å². The van der Waals surface area contributed by atoms with Crippen LogP contribution in [0.1, 0.15) is 37.7 Å². The molecule has 0 aliphatic heterocycles. The van der Waals surface area contributed by atoms with Gasteiger partial charge in [-0.15, -0.1) is 0 Å². The topological polar surface area (TPSA) is 15.3 Å². The van der Waals surface area contributed by atoms with Crippen molar-refractivity contribution >= 4 is 11.8 Å². The summed E-state index contributed by atoms with van der Waals surface area (Å²) < 4.78 is 0. The Hall–Kier alpha value is -0.510. The van der Waals surface area contributed by atoms with Gasteiger partial charge in [-0.1, -0.05) is 49.6 Å². The smallest absolute Gasteiger partial charge is 0.0185 e. The highest BCUT2D eigenvalue weighted by Crippen LogP contribution is 2.21. The van der Waals surface area contributed by atoms with Crippen molar-refractivity contribution in [1.82, 2.24) is 10.2 Å². The summed E-state index contributed by atoms with van der Waals surface area (Å²) in [5.41, 5.74) is 1.43. The molecule has 1 saturated carbocycles. The molecule has 0 atom stereocenters. The summed E-state index contributed by atoms with van der Waals surface area (Å²) in [6.07, 6.45) is 7.12. The van der Waals surface area contributed by atoms with Crippen molar-refractivity contribution in [1.29, 1.82) is 0 Å². The van der Waals surface area contributed by atoms with Crippen molar-refractivity contribution in [3.05, 3.63) is 35.9 Å². The van der Waals surface area contributed by atoms with Crippen molar-refractivity contribution in [2.45, 2.75) is 43.9 Å². The molecule has 2 nitrogen and oxygen atoms in total. The Balaban J connectivity index is 1.44. The van der Waals surface area contributed by atoms with E-state index < -0.39 is 0 Å². The second-order valence-corrected chi connectivity index (χ2v) is 7.17. The quantitative estimate of drug-likeness (QED) is 0.699. The minimum Gasteiger partial charge on any atom is -0.315 e. The summed E-state index contributed by atoms with van der Waals surface area (Å²) in [6.45, 7) is 3.43. The van der Waals surface area contributed by atoms with Crippen molar-refractivity contribution in [3.8, 4) is 0 Å². The number of hydrogen-bond donors (Lipinski definition) is 1.